The molecule has 0 aliphatic carbocycles. The smallest absolute Gasteiger partial charge is 0.241 e. The number of carbonyl (C=O) groups excluding carboxylic acids is 1. The molecule has 1 atom stereocenters. The minimum absolute atomic E-state index is 0.0291. The van der Waals surface area contributed by atoms with Gasteiger partial charge in [0.1, 0.15) is 11.5 Å². The Balaban J connectivity index is 1.25. The van der Waals surface area contributed by atoms with Crippen LogP contribution in [-0.2, 0) is 17.8 Å². The summed E-state index contributed by atoms with van der Waals surface area (Å²) in [6.07, 6.45) is 2.66. The van der Waals surface area contributed by atoms with E-state index in [-0.39, 0.29) is 11.8 Å². The first kappa shape index (κ1) is 22.8. The highest BCUT2D eigenvalue weighted by Gasteiger charge is 2.26. The molecule has 33 heavy (non-hydrogen) atoms. The summed E-state index contributed by atoms with van der Waals surface area (Å²) in [5.41, 5.74) is 2.05. The van der Waals surface area contributed by atoms with Gasteiger partial charge in [0.05, 0.1) is 26.7 Å². The van der Waals surface area contributed by atoms with E-state index in [1.54, 1.807) is 14.2 Å². The second kappa shape index (κ2) is 11.0. The van der Waals surface area contributed by atoms with E-state index in [4.69, 9.17) is 14.0 Å². The molecule has 8 heteroatoms. The van der Waals surface area contributed by atoms with Gasteiger partial charge in [0.25, 0.3) is 0 Å². The number of methoxy groups -OCH3 is 2. The van der Waals surface area contributed by atoms with Gasteiger partial charge in [-0.1, -0.05) is 17.3 Å². The molecule has 2 heterocycles. The molecular formula is C25H30N4O4. The maximum Gasteiger partial charge on any atom is 0.241 e. The zero-order valence-corrected chi connectivity index (χ0v) is 19.1. The van der Waals surface area contributed by atoms with E-state index in [1.807, 2.05) is 48.5 Å². The number of carbonyl (C=O) groups is 1. The first-order valence-corrected chi connectivity index (χ1v) is 11.2. The van der Waals surface area contributed by atoms with Crippen molar-refractivity contribution in [1.29, 1.82) is 0 Å². The number of nitrogens with zero attached hydrogens (tertiary/aromatic N) is 3. The fourth-order valence-electron chi connectivity index (χ4n) is 4.05. The normalized spacial score (nSPS) is 16.4. The molecule has 1 amide bonds. The van der Waals surface area contributed by atoms with Crippen molar-refractivity contribution in [3.05, 3.63) is 60.0 Å². The van der Waals surface area contributed by atoms with Gasteiger partial charge in [-0.15, -0.1) is 0 Å². The van der Waals surface area contributed by atoms with Crippen molar-refractivity contribution in [1.82, 2.24) is 20.4 Å². The van der Waals surface area contributed by atoms with Crippen LogP contribution in [0.25, 0.3) is 11.4 Å². The van der Waals surface area contributed by atoms with Gasteiger partial charge in [0.15, 0.2) is 0 Å². The number of aromatic nitrogens is 2. The summed E-state index contributed by atoms with van der Waals surface area (Å²) >= 11 is 0. The zero-order valence-electron chi connectivity index (χ0n) is 19.1. The average Bonchev–Trinajstić information content (AvgIpc) is 3.33. The number of likely N-dealkylation sites (tertiary alicyclic amines) is 1. The lowest BCUT2D eigenvalue weighted by Gasteiger charge is -2.30. The van der Waals surface area contributed by atoms with Gasteiger partial charge in [0.2, 0.25) is 17.6 Å². The molecule has 1 fully saturated rings. The summed E-state index contributed by atoms with van der Waals surface area (Å²) in [6.45, 7) is 2.76. The van der Waals surface area contributed by atoms with Gasteiger partial charge in [-0.25, -0.2) is 0 Å². The maximum atomic E-state index is 12.7. The predicted molar refractivity (Wildman–Crippen MR) is 124 cm³/mol. The Bertz CT molecular complexity index is 1030. The average molecular weight is 451 g/mol. The van der Waals surface area contributed by atoms with Gasteiger partial charge in [-0.2, -0.15) is 4.98 Å². The lowest BCUT2D eigenvalue weighted by Crippen LogP contribution is -2.43. The first-order chi connectivity index (χ1) is 16.1. The maximum absolute atomic E-state index is 12.7. The van der Waals surface area contributed by atoms with E-state index < -0.39 is 0 Å². The summed E-state index contributed by atoms with van der Waals surface area (Å²) in [5.74, 6) is 2.81. The van der Waals surface area contributed by atoms with Crippen molar-refractivity contribution >= 4 is 5.91 Å². The van der Waals surface area contributed by atoms with Crippen molar-refractivity contribution in [2.24, 2.45) is 5.92 Å². The van der Waals surface area contributed by atoms with E-state index in [0.29, 0.717) is 31.3 Å². The van der Waals surface area contributed by atoms with Crippen molar-refractivity contribution in [3.63, 3.8) is 0 Å². The molecule has 4 rings (SSSR count). The Morgan fingerprint density at radius 2 is 1.79 bits per heavy atom. The quantitative estimate of drug-likeness (QED) is 0.535. The first-order valence-electron chi connectivity index (χ1n) is 11.2. The standard InChI is InChI=1S/C25H30N4O4/c1-31-21-9-5-18(6-10-21)13-14-26-25(30)20-4-3-15-29(16-20)17-23-27-24(28-33-23)19-7-11-22(32-2)12-8-19/h5-12,20H,3-4,13-17H2,1-2H3,(H,26,30). The molecule has 3 aromatic rings. The Morgan fingerprint density at radius 1 is 1.09 bits per heavy atom. The highest BCUT2D eigenvalue weighted by Crippen LogP contribution is 2.22. The molecule has 0 saturated carbocycles. The molecule has 0 bridgehead atoms. The van der Waals surface area contributed by atoms with Crippen LogP contribution < -0.4 is 14.8 Å². The number of nitrogens with one attached hydrogen (secondary N) is 1. The second-order valence-corrected chi connectivity index (χ2v) is 8.20. The van der Waals surface area contributed by atoms with Gasteiger partial charge < -0.3 is 19.3 Å². The van der Waals surface area contributed by atoms with Crippen LogP contribution in [0.4, 0.5) is 0 Å². The molecule has 1 unspecified atom stereocenters. The summed E-state index contributed by atoms with van der Waals surface area (Å²) in [7, 11) is 3.29. The minimum Gasteiger partial charge on any atom is -0.497 e. The van der Waals surface area contributed by atoms with Gasteiger partial charge in [-0.3, -0.25) is 9.69 Å². The molecule has 1 aliphatic rings. The van der Waals surface area contributed by atoms with Crippen LogP contribution in [0, 0.1) is 5.92 Å². The number of benzene rings is 2. The van der Waals surface area contributed by atoms with Crippen molar-refractivity contribution < 1.29 is 18.8 Å². The topological polar surface area (TPSA) is 89.7 Å². The van der Waals surface area contributed by atoms with Crippen LogP contribution in [0.15, 0.2) is 53.1 Å². The highest BCUT2D eigenvalue weighted by atomic mass is 16.5. The molecule has 0 spiro atoms. The highest BCUT2D eigenvalue weighted by molar-refractivity contribution is 5.79. The Morgan fingerprint density at radius 3 is 2.48 bits per heavy atom. The lowest BCUT2D eigenvalue weighted by atomic mass is 9.97. The fraction of sp³-hybridized carbons (Fsp3) is 0.400. The predicted octanol–water partition coefficient (Wildman–Crippen LogP) is 3.32. The number of hydrogen-bond donors (Lipinski definition) is 1. The molecule has 1 aliphatic heterocycles. The third-order valence-electron chi connectivity index (χ3n) is 5.92. The van der Waals surface area contributed by atoms with Gasteiger partial charge in [0, 0.05) is 18.7 Å². The Labute approximate surface area is 193 Å². The number of ether oxygens (including phenoxy) is 2. The summed E-state index contributed by atoms with van der Waals surface area (Å²) in [5, 5.41) is 7.19. The fourth-order valence-corrected chi connectivity index (χ4v) is 4.05. The molecule has 1 N–H and O–H groups in total. The van der Waals surface area contributed by atoms with Crippen molar-refractivity contribution in [3.8, 4) is 22.9 Å². The van der Waals surface area contributed by atoms with Crippen LogP contribution in [0.1, 0.15) is 24.3 Å². The van der Waals surface area contributed by atoms with E-state index in [1.165, 1.54) is 5.56 Å². The molecular weight excluding hydrogens is 420 g/mol. The SMILES string of the molecule is COc1ccc(CCNC(=O)C2CCCN(Cc3nc(-c4ccc(OC)cc4)no3)C2)cc1. The zero-order chi connectivity index (χ0) is 23.0. The van der Waals surface area contributed by atoms with E-state index in [0.717, 1.165) is 42.9 Å². The third-order valence-corrected chi connectivity index (χ3v) is 5.92. The Kier molecular flexibility index (Phi) is 7.57. The van der Waals surface area contributed by atoms with Crippen LogP contribution in [0.3, 0.4) is 0 Å². The molecule has 8 nitrogen and oxygen atoms in total. The van der Waals surface area contributed by atoms with Crippen LogP contribution in [-0.4, -0.2) is 54.8 Å². The third kappa shape index (κ3) is 6.10. The van der Waals surface area contributed by atoms with E-state index in [9.17, 15) is 4.79 Å². The lowest BCUT2D eigenvalue weighted by molar-refractivity contribution is -0.126. The molecule has 2 aromatic carbocycles. The molecule has 174 valence electrons. The van der Waals surface area contributed by atoms with E-state index in [2.05, 4.69) is 20.4 Å². The number of rotatable bonds is 9. The van der Waals surface area contributed by atoms with Crippen molar-refractivity contribution in [2.45, 2.75) is 25.8 Å². The largest absolute Gasteiger partial charge is 0.497 e. The summed E-state index contributed by atoms with van der Waals surface area (Å²) in [6, 6.07) is 15.5. The van der Waals surface area contributed by atoms with Crippen LogP contribution in [0.5, 0.6) is 11.5 Å². The molecule has 0 radical (unpaired) electrons. The number of hydrogen-bond acceptors (Lipinski definition) is 7. The van der Waals surface area contributed by atoms with Gasteiger partial charge in [-0.05, 0) is 67.8 Å². The number of piperidine rings is 1. The molecule has 1 saturated heterocycles. The summed E-state index contributed by atoms with van der Waals surface area (Å²) < 4.78 is 15.8. The van der Waals surface area contributed by atoms with Gasteiger partial charge >= 0.3 is 0 Å². The second-order valence-electron chi connectivity index (χ2n) is 8.20. The van der Waals surface area contributed by atoms with Crippen LogP contribution >= 0.6 is 0 Å². The summed E-state index contributed by atoms with van der Waals surface area (Å²) in [4.78, 5) is 19.4. The molecule has 1 aromatic heterocycles. The Hall–Kier alpha value is -3.39. The minimum atomic E-state index is -0.0291. The van der Waals surface area contributed by atoms with E-state index >= 15 is 0 Å². The number of amides is 1. The van der Waals surface area contributed by atoms with Crippen molar-refractivity contribution in [2.75, 3.05) is 33.9 Å². The van der Waals surface area contributed by atoms with Crippen LogP contribution in [0.2, 0.25) is 0 Å². The monoisotopic (exact) mass is 450 g/mol.